The van der Waals surface area contributed by atoms with Crippen LogP contribution in [0.1, 0.15) is 90.9 Å². The molecule has 3 unspecified atom stereocenters. The number of pyridine rings is 1. The first-order valence-corrected chi connectivity index (χ1v) is 33.9. The maximum Gasteiger partial charge on any atom is 0.470 e. The van der Waals surface area contributed by atoms with Crippen LogP contribution in [-0.2, 0) is 46.7 Å². The number of fused-ring (bicyclic) bond motifs is 3. The zero-order valence-corrected chi connectivity index (χ0v) is 54.1. The minimum absolute atomic E-state index is 0.0151. The number of nitrogens with one attached hydrogen (secondary N) is 1. The van der Waals surface area contributed by atoms with Crippen LogP contribution in [0.25, 0.3) is 39.0 Å². The molecule has 2 fully saturated rings. The molecule has 7 heterocycles. The third-order valence-corrected chi connectivity index (χ3v) is 20.1. The number of nitrogen functional groups attached to an aromatic ring is 1. The topological polar surface area (TPSA) is 408 Å². The van der Waals surface area contributed by atoms with Gasteiger partial charge in [-0.25, -0.2) is 35.1 Å². The Bertz CT molecular complexity index is 3530. The molecular weight excluding hydrogens is 1220 g/mol. The van der Waals surface area contributed by atoms with Crippen LogP contribution in [0, 0.1) is 6.92 Å². The summed E-state index contributed by atoms with van der Waals surface area (Å²) in [6.07, 6.45) is 1.99. The quantitative estimate of drug-likeness (QED) is 0.00871. The Morgan fingerprint density at radius 2 is 1.62 bits per heavy atom. The summed E-state index contributed by atoms with van der Waals surface area (Å²) in [5.74, 6) is 5.73. The molecule has 0 saturated carbocycles. The van der Waals surface area contributed by atoms with Crippen molar-refractivity contribution in [1.29, 1.82) is 0 Å². The summed E-state index contributed by atoms with van der Waals surface area (Å²) < 4.78 is 76.4. The van der Waals surface area contributed by atoms with Crippen molar-refractivity contribution in [2.45, 2.75) is 127 Å². The molecule has 91 heavy (non-hydrogen) atoms. The zero-order valence-electron chi connectivity index (χ0n) is 52.3. The van der Waals surface area contributed by atoms with Crippen LogP contribution in [0.3, 0.4) is 0 Å². The summed E-state index contributed by atoms with van der Waals surface area (Å²) in [4.78, 5) is 79.8. The Kier molecular flexibility index (Phi) is 25.1. The Morgan fingerprint density at radius 3 is 2.29 bits per heavy atom. The number of imidazole rings is 2. The van der Waals surface area contributed by atoms with Gasteiger partial charge in [0.25, 0.3) is 0 Å². The summed E-state index contributed by atoms with van der Waals surface area (Å²) in [6.45, 7) is 15.4. The van der Waals surface area contributed by atoms with Gasteiger partial charge in [0, 0.05) is 87.8 Å². The van der Waals surface area contributed by atoms with Gasteiger partial charge in [-0.3, -0.25) is 27.9 Å². The van der Waals surface area contributed by atoms with Gasteiger partial charge in [-0.05, 0) is 81.3 Å². The van der Waals surface area contributed by atoms with Crippen molar-refractivity contribution in [2.75, 3.05) is 109 Å². The van der Waals surface area contributed by atoms with E-state index in [1.54, 1.807) is 27.7 Å². The number of amides is 1. The number of phosphoric acid groups is 1. The number of nitrogens with zero attached hydrogens (tertiary/aromatic N) is 9. The van der Waals surface area contributed by atoms with E-state index < -0.39 is 74.9 Å². The lowest BCUT2D eigenvalue weighted by Crippen LogP contribution is -2.47. The van der Waals surface area contributed by atoms with Gasteiger partial charge in [-0.15, -0.1) is 0 Å². The summed E-state index contributed by atoms with van der Waals surface area (Å²) >= 11 is 0. The van der Waals surface area contributed by atoms with Crippen molar-refractivity contribution in [1.82, 2.24) is 44.1 Å². The highest BCUT2D eigenvalue weighted by molar-refractivity contribution is 7.54. The molecule has 6 aromatic rings. The fourth-order valence-electron chi connectivity index (χ4n) is 11.6. The number of aliphatic hydroxyl groups excluding tert-OH is 2. The summed E-state index contributed by atoms with van der Waals surface area (Å²) in [5.41, 5.74) is 15.4. The molecule has 30 nitrogen and oxygen atoms in total. The van der Waals surface area contributed by atoms with Crippen LogP contribution < -0.4 is 33.2 Å². The maximum absolute atomic E-state index is 14.8. The third kappa shape index (κ3) is 18.4. The van der Waals surface area contributed by atoms with Gasteiger partial charge in [0.2, 0.25) is 5.91 Å². The molecule has 12 N–H and O–H groups in total. The largest absolute Gasteiger partial charge is 0.470 e. The molecule has 6 atom stereocenters. The predicted molar refractivity (Wildman–Crippen MR) is 338 cm³/mol. The average molecular weight is 1310 g/mol. The lowest BCUT2D eigenvalue weighted by atomic mass is 9.88. The standard InChI is InChI=1S/C59H89N13O17P2/c1-6-58(7-2,89-91(79,80)81)33-48-52(75)53(56(86-48)72-39-65-51-54(61)63-38-64-55(51)72)88-90(77,78)59(8-3,9-4)32-43(36-73)66-50(74)11-10-15-71(62)34-42(60)37-85-28-27-84-26-25-83-24-23-82-22-21-68-17-19-69(20-18-68)44-13-12-41-30-45(57(76)87-47(41)31-44)46-35-70-16-14-40(5)29-49(70)67-46/h12-14,16,29-31,34-35,38-39,43,48,52-53,56,73,75H,6-11,15,17-28,32-33,36-37,60,62H2,1-5H3,(H,66,74)(H,77,78)(H2,61,63,64)(H2,79,80,81)/b42-34-/t43?,48-,52?,53+,56-/m0/s1. The normalized spacial score (nSPS) is 19.0. The van der Waals surface area contributed by atoms with E-state index in [-0.39, 0.29) is 88.1 Å². The second-order valence-electron chi connectivity index (χ2n) is 23.0. The van der Waals surface area contributed by atoms with E-state index in [0.29, 0.717) is 62.2 Å². The molecule has 5 aromatic heterocycles. The monoisotopic (exact) mass is 1310 g/mol. The number of piperazine rings is 1. The van der Waals surface area contributed by atoms with Crippen LogP contribution >= 0.6 is 15.4 Å². The first-order chi connectivity index (χ1) is 43.5. The Labute approximate surface area is 527 Å². The molecule has 0 spiro atoms. The first kappa shape index (κ1) is 70.8. The van der Waals surface area contributed by atoms with Gasteiger partial charge in [0.1, 0.15) is 35.3 Å². The highest BCUT2D eigenvalue weighted by atomic mass is 31.2. The van der Waals surface area contributed by atoms with Gasteiger partial charge in [0.15, 0.2) is 17.7 Å². The second-order valence-corrected chi connectivity index (χ2v) is 26.4. The summed E-state index contributed by atoms with van der Waals surface area (Å²) in [5, 5.41) is 25.8. The number of aromatic nitrogens is 6. The number of hydrogen-bond acceptors (Lipinski definition) is 24. The Hall–Kier alpha value is -6.02. The van der Waals surface area contributed by atoms with Crippen LogP contribution in [0.2, 0.25) is 0 Å². The number of benzene rings is 1. The van der Waals surface area contributed by atoms with Crippen molar-refractivity contribution < 1.29 is 76.0 Å². The number of carbonyl (C=O) groups is 1. The number of phosphoric ester groups is 1. The molecule has 0 bridgehead atoms. The highest BCUT2D eigenvalue weighted by Gasteiger charge is 2.56. The summed E-state index contributed by atoms with van der Waals surface area (Å²) in [7, 11) is -9.91. The number of carbonyl (C=O) groups excluding carboxylic acids is 1. The van der Waals surface area contributed by atoms with E-state index in [1.807, 2.05) is 54.0 Å². The van der Waals surface area contributed by atoms with Gasteiger partial charge in [-0.1, -0.05) is 27.7 Å². The number of rotatable bonds is 37. The minimum Gasteiger partial charge on any atom is -0.422 e. The van der Waals surface area contributed by atoms with Crippen molar-refractivity contribution in [3.8, 4) is 11.3 Å². The van der Waals surface area contributed by atoms with Crippen LogP contribution in [0.5, 0.6) is 0 Å². The second kappa shape index (κ2) is 32.2. The number of aliphatic hydroxyl groups is 2. The number of anilines is 2. The first-order valence-electron chi connectivity index (χ1n) is 30.8. The number of hydrazine groups is 1. The lowest BCUT2D eigenvalue weighted by Gasteiger charge is -2.39. The number of ether oxygens (including phenoxy) is 5. The van der Waals surface area contributed by atoms with Crippen molar-refractivity contribution in [2.24, 2.45) is 11.6 Å². The highest BCUT2D eigenvalue weighted by Crippen LogP contribution is 2.63. The predicted octanol–water partition coefficient (Wildman–Crippen LogP) is 4.10. The average Bonchev–Trinajstić information content (AvgIpc) is 1.67. The molecular formula is C59H89N13O17P2. The van der Waals surface area contributed by atoms with E-state index in [1.165, 1.54) is 28.4 Å². The maximum atomic E-state index is 14.8. The van der Waals surface area contributed by atoms with Gasteiger partial charge in [0.05, 0.1) is 106 Å². The lowest BCUT2D eigenvalue weighted by molar-refractivity contribution is -0.122. The van der Waals surface area contributed by atoms with Crippen molar-refractivity contribution in [3.05, 3.63) is 89.3 Å². The van der Waals surface area contributed by atoms with Gasteiger partial charge in [-0.2, -0.15) is 0 Å². The molecule has 1 aromatic carbocycles. The van der Waals surface area contributed by atoms with Crippen molar-refractivity contribution >= 4 is 60.6 Å². The number of nitrogens with two attached hydrogens (primary N) is 3. The van der Waals surface area contributed by atoms with E-state index >= 15 is 0 Å². The van der Waals surface area contributed by atoms with Gasteiger partial charge >= 0.3 is 21.0 Å². The fraction of sp³-hybridized carbons (Fsp3) is 0.593. The molecule has 0 radical (unpaired) electrons. The molecule has 1 amide bonds. The zero-order chi connectivity index (χ0) is 65.5. The summed E-state index contributed by atoms with van der Waals surface area (Å²) in [6, 6.07) is 10.8. The molecule has 0 aliphatic carbocycles. The third-order valence-electron chi connectivity index (χ3n) is 17.0. The number of hydrogen-bond donors (Lipinski definition) is 9. The van der Waals surface area contributed by atoms with Crippen LogP contribution in [0.4, 0.5) is 11.5 Å². The fourth-order valence-corrected chi connectivity index (χ4v) is 14.4. The van der Waals surface area contributed by atoms with E-state index in [4.69, 9.17) is 54.5 Å². The molecule has 32 heteroatoms. The molecule has 2 aliphatic rings. The minimum atomic E-state index is -5.03. The smallest absolute Gasteiger partial charge is 0.422 e. The Balaban J connectivity index is 0.680. The van der Waals surface area contributed by atoms with Gasteiger partial charge < -0.3 is 84.1 Å². The molecule has 8 rings (SSSR count). The van der Waals surface area contributed by atoms with E-state index in [2.05, 4.69) is 41.1 Å². The SMILES string of the molecule is CCC(CC)(C[C@@H]1O[C@H](n2cnc3c(N)ncnc32)[C@H](OP(=O)(O)C(CC)(CC)CC(CO)NC(=O)CCCN(N)/C=C(\N)COCCOCCOCCOCCN2CCN(c3ccc4cc(-c5cn6ccc(C)cc6n5)c(=O)oc4c3)CC2)C1O)OP(=O)(O)O. The van der Waals surface area contributed by atoms with Crippen LogP contribution in [-0.4, -0.2) is 203 Å². The van der Waals surface area contributed by atoms with Crippen LogP contribution in [0.15, 0.2) is 82.6 Å². The molecule has 2 saturated heterocycles. The number of aryl methyl sites for hydroxylation is 1. The van der Waals surface area contributed by atoms with E-state index in [0.717, 1.165) is 55.0 Å². The molecule has 2 aliphatic heterocycles. The van der Waals surface area contributed by atoms with E-state index in [9.17, 15) is 43.6 Å². The molecule has 502 valence electrons. The van der Waals surface area contributed by atoms with Crippen molar-refractivity contribution in [3.63, 3.8) is 0 Å². The Morgan fingerprint density at radius 1 is 0.923 bits per heavy atom.